The largest absolute Gasteiger partial charge is 0.378 e. The molecule has 0 amide bonds. The van der Waals surface area contributed by atoms with Crippen LogP contribution in [0.4, 0.5) is 0 Å². The van der Waals surface area contributed by atoms with E-state index < -0.39 is 9.84 Å². The Morgan fingerprint density at radius 1 is 1.32 bits per heavy atom. The van der Waals surface area contributed by atoms with Gasteiger partial charge in [0.2, 0.25) is 0 Å². The van der Waals surface area contributed by atoms with Crippen molar-refractivity contribution in [3.63, 3.8) is 0 Å². The first-order valence-electron chi connectivity index (χ1n) is 10.2. The Balaban J connectivity index is 1.61. The average molecular weight is 408 g/mol. The highest BCUT2D eigenvalue weighted by Crippen LogP contribution is 2.54. The summed E-state index contributed by atoms with van der Waals surface area (Å²) in [6, 6.07) is 5.86. The third-order valence-electron chi connectivity index (χ3n) is 6.32. The summed E-state index contributed by atoms with van der Waals surface area (Å²) in [7, 11) is -1.40. The van der Waals surface area contributed by atoms with Crippen LogP contribution >= 0.6 is 0 Å². The fourth-order valence-electron chi connectivity index (χ4n) is 4.87. The van der Waals surface area contributed by atoms with Gasteiger partial charge < -0.3 is 15.4 Å². The van der Waals surface area contributed by atoms with E-state index in [1.807, 2.05) is 19.1 Å². The van der Waals surface area contributed by atoms with Gasteiger partial charge in [0.15, 0.2) is 15.8 Å². The lowest BCUT2D eigenvalue weighted by Crippen LogP contribution is -2.65. The van der Waals surface area contributed by atoms with Gasteiger partial charge in [0.25, 0.3) is 0 Å². The van der Waals surface area contributed by atoms with Crippen molar-refractivity contribution >= 4 is 15.8 Å². The molecule has 2 aliphatic rings. The van der Waals surface area contributed by atoms with Crippen molar-refractivity contribution in [2.75, 3.05) is 19.9 Å². The van der Waals surface area contributed by atoms with Crippen LogP contribution < -0.4 is 10.6 Å². The number of guanidine groups is 1. The average Bonchev–Trinajstić information content (AvgIpc) is 3.15. The molecule has 2 unspecified atom stereocenters. The van der Waals surface area contributed by atoms with Gasteiger partial charge in [-0.25, -0.2) is 8.42 Å². The van der Waals surface area contributed by atoms with Crippen molar-refractivity contribution in [3.05, 3.63) is 29.3 Å². The SMILES string of the molecule is CCOC1CC(NC(=NC)NCc2ccc(S(C)(=O)=O)c(C)c2)C12CCCC2. The highest BCUT2D eigenvalue weighted by Gasteiger charge is 2.56. The Kier molecular flexibility index (Phi) is 6.34. The number of nitrogens with zero attached hydrogens (tertiary/aromatic N) is 1. The van der Waals surface area contributed by atoms with Crippen LogP contribution in [-0.2, 0) is 21.1 Å². The van der Waals surface area contributed by atoms with Crippen LogP contribution in [0.3, 0.4) is 0 Å². The van der Waals surface area contributed by atoms with Crippen LogP contribution in [0.2, 0.25) is 0 Å². The zero-order valence-electron chi connectivity index (χ0n) is 17.4. The molecule has 1 spiro atoms. The second kappa shape index (κ2) is 8.41. The van der Waals surface area contributed by atoms with E-state index in [1.165, 1.54) is 31.9 Å². The summed E-state index contributed by atoms with van der Waals surface area (Å²) >= 11 is 0. The molecule has 28 heavy (non-hydrogen) atoms. The molecule has 0 saturated heterocycles. The van der Waals surface area contributed by atoms with Crippen LogP contribution in [0.1, 0.15) is 50.2 Å². The maximum absolute atomic E-state index is 11.8. The fourth-order valence-corrected chi connectivity index (χ4v) is 5.83. The van der Waals surface area contributed by atoms with E-state index in [4.69, 9.17) is 4.74 Å². The lowest BCUT2D eigenvalue weighted by molar-refractivity contribution is -0.125. The highest BCUT2D eigenvalue weighted by molar-refractivity contribution is 7.90. The quantitative estimate of drug-likeness (QED) is 0.560. The molecule has 2 saturated carbocycles. The summed E-state index contributed by atoms with van der Waals surface area (Å²) in [5.41, 5.74) is 2.05. The molecule has 156 valence electrons. The molecular weight excluding hydrogens is 374 g/mol. The standard InChI is InChI=1S/C21H33N3O3S/c1-5-27-19-13-18(21(19)10-6-7-11-21)24-20(22-3)23-14-16-8-9-17(15(2)12-16)28(4,25)26/h8-9,12,18-19H,5-7,10-11,13-14H2,1-4H3,(H2,22,23,24). The van der Waals surface area contributed by atoms with E-state index in [2.05, 4.69) is 22.5 Å². The molecule has 1 aromatic rings. The van der Waals surface area contributed by atoms with E-state index in [1.54, 1.807) is 13.1 Å². The fraction of sp³-hybridized carbons (Fsp3) is 0.667. The number of nitrogens with one attached hydrogen (secondary N) is 2. The minimum Gasteiger partial charge on any atom is -0.378 e. The van der Waals surface area contributed by atoms with Crippen LogP contribution in [0.25, 0.3) is 0 Å². The van der Waals surface area contributed by atoms with E-state index in [-0.39, 0.29) is 5.41 Å². The minimum absolute atomic E-state index is 0.251. The van der Waals surface area contributed by atoms with Crippen molar-refractivity contribution in [1.29, 1.82) is 0 Å². The van der Waals surface area contributed by atoms with Gasteiger partial charge in [0.1, 0.15) is 0 Å². The summed E-state index contributed by atoms with van der Waals surface area (Å²) < 4.78 is 29.6. The Bertz CT molecular complexity index is 829. The second-order valence-electron chi connectivity index (χ2n) is 8.11. The van der Waals surface area contributed by atoms with Crippen LogP contribution in [0.5, 0.6) is 0 Å². The van der Waals surface area contributed by atoms with E-state index in [0.29, 0.717) is 23.6 Å². The first-order chi connectivity index (χ1) is 13.3. The second-order valence-corrected chi connectivity index (χ2v) is 10.1. The third-order valence-corrected chi connectivity index (χ3v) is 7.58. The van der Waals surface area contributed by atoms with Crippen LogP contribution in [-0.4, -0.2) is 46.4 Å². The van der Waals surface area contributed by atoms with Gasteiger partial charge in [-0.2, -0.15) is 0 Å². The van der Waals surface area contributed by atoms with E-state index in [0.717, 1.165) is 30.1 Å². The van der Waals surface area contributed by atoms with Crippen molar-refractivity contribution in [3.8, 4) is 0 Å². The first kappa shape index (κ1) is 21.1. The lowest BCUT2D eigenvalue weighted by Gasteiger charge is -2.54. The maximum atomic E-state index is 11.8. The van der Waals surface area contributed by atoms with Crippen molar-refractivity contribution < 1.29 is 13.2 Å². The van der Waals surface area contributed by atoms with E-state index >= 15 is 0 Å². The number of aliphatic imine (C=N–C) groups is 1. The van der Waals surface area contributed by atoms with Gasteiger partial charge in [-0.3, -0.25) is 4.99 Å². The summed E-state index contributed by atoms with van der Waals surface area (Å²) in [5.74, 6) is 0.788. The molecule has 7 heteroatoms. The minimum atomic E-state index is -3.19. The normalized spacial score (nSPS) is 24.2. The van der Waals surface area contributed by atoms with Crippen molar-refractivity contribution in [2.45, 2.75) is 69.5 Å². The number of benzene rings is 1. The monoisotopic (exact) mass is 407 g/mol. The molecule has 0 aromatic heterocycles. The number of aryl methyl sites for hydroxylation is 1. The molecule has 3 rings (SSSR count). The van der Waals surface area contributed by atoms with Crippen LogP contribution in [0.15, 0.2) is 28.1 Å². The van der Waals surface area contributed by atoms with Crippen LogP contribution in [0, 0.1) is 12.3 Å². The molecule has 2 fully saturated rings. The number of hydrogen-bond donors (Lipinski definition) is 2. The number of hydrogen-bond acceptors (Lipinski definition) is 4. The number of rotatable bonds is 6. The first-order valence-corrected chi connectivity index (χ1v) is 12.1. The predicted octanol–water partition coefficient (Wildman–Crippen LogP) is 2.80. The molecule has 2 N–H and O–H groups in total. The Morgan fingerprint density at radius 2 is 2.04 bits per heavy atom. The Hall–Kier alpha value is -1.60. The maximum Gasteiger partial charge on any atom is 0.191 e. The zero-order chi connectivity index (χ0) is 20.4. The van der Waals surface area contributed by atoms with E-state index in [9.17, 15) is 8.42 Å². The predicted molar refractivity (Wildman–Crippen MR) is 112 cm³/mol. The summed E-state index contributed by atoms with van der Waals surface area (Å²) in [4.78, 5) is 4.77. The van der Waals surface area contributed by atoms with Gasteiger partial charge in [-0.15, -0.1) is 0 Å². The summed E-state index contributed by atoms with van der Waals surface area (Å²) in [6.45, 7) is 5.27. The number of sulfone groups is 1. The van der Waals surface area contributed by atoms with Gasteiger partial charge in [0.05, 0.1) is 11.0 Å². The smallest absolute Gasteiger partial charge is 0.191 e. The molecule has 6 nitrogen and oxygen atoms in total. The summed E-state index contributed by atoms with van der Waals surface area (Å²) in [5, 5.41) is 6.98. The molecular formula is C21H33N3O3S. The molecule has 1 aromatic carbocycles. The Labute approximate surface area is 169 Å². The van der Waals surface area contributed by atoms with Gasteiger partial charge in [0, 0.05) is 37.9 Å². The van der Waals surface area contributed by atoms with Crippen molar-refractivity contribution in [2.24, 2.45) is 10.4 Å². The van der Waals surface area contributed by atoms with Gasteiger partial charge in [-0.1, -0.05) is 25.0 Å². The molecule has 2 aliphatic carbocycles. The molecule has 0 bridgehead atoms. The molecule has 0 heterocycles. The molecule has 0 aliphatic heterocycles. The zero-order valence-corrected chi connectivity index (χ0v) is 18.2. The summed E-state index contributed by atoms with van der Waals surface area (Å²) in [6.07, 6.45) is 7.63. The Morgan fingerprint density at radius 3 is 2.61 bits per heavy atom. The van der Waals surface area contributed by atoms with Gasteiger partial charge in [-0.05, 0) is 50.3 Å². The molecule has 2 atom stereocenters. The highest BCUT2D eigenvalue weighted by atomic mass is 32.2. The van der Waals surface area contributed by atoms with Crippen molar-refractivity contribution in [1.82, 2.24) is 10.6 Å². The third kappa shape index (κ3) is 4.20. The number of ether oxygens (including phenoxy) is 1. The molecule has 0 radical (unpaired) electrons. The topological polar surface area (TPSA) is 79.8 Å². The van der Waals surface area contributed by atoms with Gasteiger partial charge >= 0.3 is 0 Å². The lowest BCUT2D eigenvalue weighted by atomic mass is 9.60.